The first kappa shape index (κ1) is 19.7. The van der Waals surface area contributed by atoms with Gasteiger partial charge in [0.15, 0.2) is 17.2 Å². The Kier molecular flexibility index (Phi) is 4.87. The molecule has 1 amide bonds. The van der Waals surface area contributed by atoms with Crippen LogP contribution in [0.25, 0.3) is 0 Å². The molecular weight excluding hydrogens is 418 g/mol. The van der Waals surface area contributed by atoms with Crippen molar-refractivity contribution in [1.82, 2.24) is 9.80 Å². The van der Waals surface area contributed by atoms with Crippen molar-refractivity contribution in [2.45, 2.75) is 6.42 Å². The molecule has 0 N–H and O–H groups in total. The summed E-state index contributed by atoms with van der Waals surface area (Å²) in [6.45, 7) is 2.98. The Hall–Kier alpha value is -4.00. The van der Waals surface area contributed by atoms with E-state index in [4.69, 9.17) is 19.2 Å². The van der Waals surface area contributed by atoms with Crippen LogP contribution in [0.1, 0.15) is 22.3 Å². The molecule has 3 aromatic rings. The minimum Gasteiger partial charge on any atom is -0.454 e. The van der Waals surface area contributed by atoms with Crippen molar-refractivity contribution in [1.29, 1.82) is 0 Å². The Balaban J connectivity index is 1.26. The third-order valence-corrected chi connectivity index (χ3v) is 6.14. The zero-order chi connectivity index (χ0) is 22.2. The maximum atomic E-state index is 13.2. The molecule has 1 fully saturated rings. The first-order valence-corrected chi connectivity index (χ1v) is 11.2. The Labute approximate surface area is 191 Å². The van der Waals surface area contributed by atoms with Crippen molar-refractivity contribution in [3.63, 3.8) is 0 Å². The third kappa shape index (κ3) is 3.65. The van der Waals surface area contributed by atoms with Crippen molar-refractivity contribution in [2.75, 3.05) is 33.0 Å². The molecule has 166 valence electrons. The van der Waals surface area contributed by atoms with Gasteiger partial charge in [-0.15, -0.1) is 0 Å². The molecule has 7 nitrogen and oxygen atoms in total. The van der Waals surface area contributed by atoms with Crippen LogP contribution in [0.3, 0.4) is 0 Å². The second-order valence-corrected chi connectivity index (χ2v) is 8.20. The smallest absolute Gasteiger partial charge is 0.254 e. The second kappa shape index (κ2) is 8.16. The topological polar surface area (TPSA) is 63.6 Å². The van der Waals surface area contributed by atoms with Gasteiger partial charge in [-0.25, -0.2) is 4.99 Å². The molecule has 3 aromatic carbocycles. The van der Waals surface area contributed by atoms with Gasteiger partial charge >= 0.3 is 0 Å². The van der Waals surface area contributed by atoms with E-state index in [9.17, 15) is 4.79 Å². The molecule has 0 aliphatic carbocycles. The van der Waals surface area contributed by atoms with Gasteiger partial charge in [-0.1, -0.05) is 24.3 Å². The molecule has 3 aliphatic rings. The molecule has 0 spiro atoms. The summed E-state index contributed by atoms with van der Waals surface area (Å²) in [5, 5.41) is 0. The van der Waals surface area contributed by atoms with Crippen LogP contribution in [0.4, 0.5) is 5.69 Å². The van der Waals surface area contributed by atoms with Gasteiger partial charge < -0.3 is 24.0 Å². The van der Waals surface area contributed by atoms with E-state index in [1.807, 2.05) is 53.4 Å². The molecule has 0 bridgehead atoms. The lowest BCUT2D eigenvalue weighted by molar-refractivity contribution is 0.0763. The van der Waals surface area contributed by atoms with E-state index in [0.29, 0.717) is 36.7 Å². The van der Waals surface area contributed by atoms with E-state index >= 15 is 0 Å². The van der Waals surface area contributed by atoms with Gasteiger partial charge in [0.25, 0.3) is 5.91 Å². The Morgan fingerprint density at radius 1 is 0.788 bits per heavy atom. The van der Waals surface area contributed by atoms with Crippen molar-refractivity contribution < 1.29 is 19.0 Å². The lowest BCUT2D eigenvalue weighted by atomic mass is 10.1. The van der Waals surface area contributed by atoms with E-state index in [1.165, 1.54) is 0 Å². The summed E-state index contributed by atoms with van der Waals surface area (Å²) < 4.78 is 17.0. The summed E-state index contributed by atoms with van der Waals surface area (Å²) in [6.07, 6.45) is 0.847. The Morgan fingerprint density at radius 3 is 2.55 bits per heavy atom. The molecule has 7 heteroatoms. The summed E-state index contributed by atoms with van der Waals surface area (Å²) in [5.41, 5.74) is 2.39. The van der Waals surface area contributed by atoms with Gasteiger partial charge in [0, 0.05) is 31.7 Å². The second-order valence-electron chi connectivity index (χ2n) is 8.20. The van der Waals surface area contributed by atoms with E-state index in [0.717, 1.165) is 41.6 Å². The van der Waals surface area contributed by atoms with Crippen LogP contribution < -0.4 is 14.2 Å². The van der Waals surface area contributed by atoms with Crippen molar-refractivity contribution >= 4 is 17.4 Å². The highest BCUT2D eigenvalue weighted by Crippen LogP contribution is 2.38. The van der Waals surface area contributed by atoms with E-state index in [1.54, 1.807) is 18.2 Å². The fourth-order valence-corrected chi connectivity index (χ4v) is 4.45. The number of aliphatic imine (C=N–C) groups is 1. The number of benzene rings is 3. The van der Waals surface area contributed by atoms with Crippen molar-refractivity contribution in [3.8, 4) is 23.0 Å². The first-order valence-electron chi connectivity index (χ1n) is 11.2. The molecule has 0 unspecified atom stereocenters. The average Bonchev–Trinajstić information content (AvgIpc) is 3.09. The number of hydrogen-bond acceptors (Lipinski definition) is 6. The number of rotatable bonds is 1. The zero-order valence-electron chi connectivity index (χ0n) is 18.1. The van der Waals surface area contributed by atoms with Gasteiger partial charge in [-0.3, -0.25) is 4.79 Å². The number of para-hydroxylation sites is 3. The summed E-state index contributed by atoms with van der Waals surface area (Å²) >= 11 is 0. The average molecular weight is 441 g/mol. The van der Waals surface area contributed by atoms with Crippen LogP contribution in [0, 0.1) is 0 Å². The Morgan fingerprint density at radius 2 is 1.61 bits per heavy atom. The maximum Gasteiger partial charge on any atom is 0.254 e. The minimum atomic E-state index is 0.00651. The summed E-state index contributed by atoms with van der Waals surface area (Å²) in [6, 6.07) is 21.2. The lowest BCUT2D eigenvalue weighted by Gasteiger charge is -2.25. The SMILES string of the molecule is O=C(c1ccc2c(c1)OCO2)N1CCCN(C2=Nc3ccccc3Oc3ccccc32)CC1. The monoisotopic (exact) mass is 441 g/mol. The molecule has 0 atom stereocenters. The number of carbonyl (C=O) groups excluding carboxylic acids is 1. The van der Waals surface area contributed by atoms with E-state index in [2.05, 4.69) is 4.90 Å². The highest BCUT2D eigenvalue weighted by atomic mass is 16.7. The molecule has 3 heterocycles. The van der Waals surface area contributed by atoms with E-state index < -0.39 is 0 Å². The fourth-order valence-electron chi connectivity index (χ4n) is 4.45. The zero-order valence-corrected chi connectivity index (χ0v) is 18.1. The number of carbonyl (C=O) groups is 1. The standard InChI is InChI=1S/C26H23N3O4/c30-26(18-10-11-23-24(16-18)32-17-31-23)29-13-5-12-28(14-15-29)25-19-6-1-3-8-21(19)33-22-9-4-2-7-20(22)27-25/h1-4,6-11,16H,5,12-15,17H2. The molecule has 0 aromatic heterocycles. The molecule has 6 rings (SSSR count). The molecule has 1 saturated heterocycles. The number of hydrogen-bond donors (Lipinski definition) is 0. The highest BCUT2D eigenvalue weighted by Gasteiger charge is 2.27. The van der Waals surface area contributed by atoms with Gasteiger partial charge in [0.2, 0.25) is 6.79 Å². The van der Waals surface area contributed by atoms with Crippen molar-refractivity contribution in [3.05, 3.63) is 77.9 Å². The predicted molar refractivity (Wildman–Crippen MR) is 124 cm³/mol. The fraction of sp³-hybridized carbons (Fsp3) is 0.231. The molecular formula is C26H23N3O4. The molecule has 0 radical (unpaired) electrons. The first-order chi connectivity index (χ1) is 16.3. The van der Waals surface area contributed by atoms with Crippen LogP contribution in [0.5, 0.6) is 23.0 Å². The summed E-state index contributed by atoms with van der Waals surface area (Å²) in [4.78, 5) is 22.4. The van der Waals surface area contributed by atoms with E-state index in [-0.39, 0.29) is 12.7 Å². The normalized spacial score (nSPS) is 16.7. The van der Waals surface area contributed by atoms with Crippen LogP contribution >= 0.6 is 0 Å². The van der Waals surface area contributed by atoms with Gasteiger partial charge in [-0.2, -0.15) is 0 Å². The maximum absolute atomic E-state index is 13.2. The number of fused-ring (bicyclic) bond motifs is 3. The number of nitrogens with zero attached hydrogens (tertiary/aromatic N) is 3. The van der Waals surface area contributed by atoms with Gasteiger partial charge in [0.05, 0.1) is 5.56 Å². The van der Waals surface area contributed by atoms with Gasteiger partial charge in [0.1, 0.15) is 17.3 Å². The van der Waals surface area contributed by atoms with Crippen LogP contribution in [-0.2, 0) is 0 Å². The molecule has 33 heavy (non-hydrogen) atoms. The summed E-state index contributed by atoms with van der Waals surface area (Å²) in [7, 11) is 0. The largest absolute Gasteiger partial charge is 0.454 e. The number of amides is 1. The number of amidine groups is 1. The van der Waals surface area contributed by atoms with Crippen molar-refractivity contribution in [2.24, 2.45) is 4.99 Å². The van der Waals surface area contributed by atoms with Crippen LogP contribution in [0.15, 0.2) is 71.7 Å². The minimum absolute atomic E-state index is 0.00651. The van der Waals surface area contributed by atoms with Gasteiger partial charge in [-0.05, 0) is 48.9 Å². The molecule has 0 saturated carbocycles. The summed E-state index contributed by atoms with van der Waals surface area (Å²) in [5.74, 6) is 3.73. The third-order valence-electron chi connectivity index (χ3n) is 6.14. The van der Waals surface area contributed by atoms with Crippen LogP contribution in [0.2, 0.25) is 0 Å². The Bertz CT molecular complexity index is 1260. The molecule has 3 aliphatic heterocycles. The number of ether oxygens (including phenoxy) is 3. The quantitative estimate of drug-likeness (QED) is 0.558. The predicted octanol–water partition coefficient (Wildman–Crippen LogP) is 4.45. The lowest BCUT2D eigenvalue weighted by Crippen LogP contribution is -2.37. The van der Waals surface area contributed by atoms with Crippen LogP contribution in [-0.4, -0.2) is 54.5 Å². The highest BCUT2D eigenvalue weighted by molar-refractivity contribution is 6.04.